The second-order valence-corrected chi connectivity index (χ2v) is 3.39. The van der Waals surface area contributed by atoms with Crippen molar-refractivity contribution >= 4 is 5.97 Å². The van der Waals surface area contributed by atoms with E-state index in [1.54, 1.807) is 6.20 Å². The number of hydrogen-bond donors (Lipinski definition) is 1. The maximum Gasteiger partial charge on any atom is 0.329 e. The SMILES string of the molecule is CN(/C=C\C(=O)O)CC1CCC1. The van der Waals surface area contributed by atoms with Gasteiger partial charge in [-0.3, -0.25) is 0 Å². The molecule has 0 aromatic carbocycles. The fourth-order valence-corrected chi connectivity index (χ4v) is 1.33. The highest BCUT2D eigenvalue weighted by molar-refractivity contribution is 5.79. The highest BCUT2D eigenvalue weighted by atomic mass is 16.4. The Kier molecular flexibility index (Phi) is 3.14. The minimum atomic E-state index is -0.879. The van der Waals surface area contributed by atoms with Crippen LogP contribution in [-0.2, 0) is 4.79 Å². The summed E-state index contributed by atoms with van der Waals surface area (Å²) in [5.41, 5.74) is 0. The number of carboxylic acids is 1. The molecule has 0 aromatic heterocycles. The van der Waals surface area contributed by atoms with Crippen LogP contribution in [0.4, 0.5) is 0 Å². The van der Waals surface area contributed by atoms with Crippen molar-refractivity contribution < 1.29 is 9.90 Å². The Bertz CT molecular complexity index is 185. The predicted octanol–water partition coefficient (Wildman–Crippen LogP) is 1.32. The number of rotatable bonds is 4. The van der Waals surface area contributed by atoms with Crippen LogP contribution < -0.4 is 0 Å². The molecule has 0 bridgehead atoms. The van der Waals surface area contributed by atoms with E-state index in [-0.39, 0.29) is 0 Å². The smallest absolute Gasteiger partial charge is 0.329 e. The zero-order valence-corrected chi connectivity index (χ0v) is 7.36. The fraction of sp³-hybridized carbons (Fsp3) is 0.667. The molecular formula is C9H15NO2. The molecule has 1 rings (SSSR count). The van der Waals surface area contributed by atoms with E-state index in [1.165, 1.54) is 25.3 Å². The number of aliphatic carboxylic acids is 1. The summed E-state index contributed by atoms with van der Waals surface area (Å²) in [6.45, 7) is 0.990. The van der Waals surface area contributed by atoms with Crippen LogP contribution in [-0.4, -0.2) is 29.6 Å². The molecule has 0 saturated heterocycles. The van der Waals surface area contributed by atoms with E-state index in [4.69, 9.17) is 5.11 Å². The highest BCUT2D eigenvalue weighted by Crippen LogP contribution is 2.26. The van der Waals surface area contributed by atoms with Crippen molar-refractivity contribution in [3.05, 3.63) is 12.3 Å². The van der Waals surface area contributed by atoms with Gasteiger partial charge in [0.05, 0.1) is 0 Å². The van der Waals surface area contributed by atoms with E-state index in [0.29, 0.717) is 0 Å². The lowest BCUT2D eigenvalue weighted by Crippen LogP contribution is -2.25. The van der Waals surface area contributed by atoms with Gasteiger partial charge in [0.2, 0.25) is 0 Å². The van der Waals surface area contributed by atoms with Gasteiger partial charge in [0.15, 0.2) is 0 Å². The molecule has 0 aliphatic heterocycles. The second kappa shape index (κ2) is 4.14. The quantitative estimate of drug-likeness (QED) is 0.645. The Hall–Kier alpha value is -0.990. The van der Waals surface area contributed by atoms with Crippen LogP contribution in [0.5, 0.6) is 0 Å². The maximum atomic E-state index is 10.2. The molecule has 1 N–H and O–H groups in total. The monoisotopic (exact) mass is 169 g/mol. The van der Waals surface area contributed by atoms with Gasteiger partial charge in [0, 0.05) is 25.9 Å². The van der Waals surface area contributed by atoms with Crippen LogP contribution in [0.15, 0.2) is 12.3 Å². The number of carboxylic acid groups (broad SMARTS) is 1. The van der Waals surface area contributed by atoms with E-state index in [9.17, 15) is 4.79 Å². The zero-order valence-electron chi connectivity index (χ0n) is 7.36. The molecule has 1 aliphatic carbocycles. The number of hydrogen-bond acceptors (Lipinski definition) is 2. The third kappa shape index (κ3) is 2.95. The van der Waals surface area contributed by atoms with Gasteiger partial charge in [-0.25, -0.2) is 4.79 Å². The minimum Gasteiger partial charge on any atom is -0.478 e. The van der Waals surface area contributed by atoms with E-state index < -0.39 is 5.97 Å². The lowest BCUT2D eigenvalue weighted by molar-refractivity contribution is -0.131. The molecule has 0 spiro atoms. The predicted molar refractivity (Wildman–Crippen MR) is 46.7 cm³/mol. The molecule has 68 valence electrons. The topological polar surface area (TPSA) is 40.5 Å². The van der Waals surface area contributed by atoms with Gasteiger partial charge in [-0.1, -0.05) is 6.42 Å². The molecule has 0 amide bonds. The summed E-state index contributed by atoms with van der Waals surface area (Å²) < 4.78 is 0. The van der Waals surface area contributed by atoms with Crippen molar-refractivity contribution in [3.8, 4) is 0 Å². The molecule has 3 nitrogen and oxygen atoms in total. The highest BCUT2D eigenvalue weighted by Gasteiger charge is 2.17. The van der Waals surface area contributed by atoms with E-state index >= 15 is 0 Å². The molecule has 1 aliphatic rings. The number of carbonyl (C=O) groups is 1. The summed E-state index contributed by atoms with van der Waals surface area (Å²) in [6, 6.07) is 0. The Balaban J connectivity index is 2.18. The first kappa shape index (κ1) is 9.10. The molecule has 0 radical (unpaired) electrons. The molecule has 0 unspecified atom stereocenters. The van der Waals surface area contributed by atoms with Crippen molar-refractivity contribution in [1.29, 1.82) is 0 Å². The van der Waals surface area contributed by atoms with Crippen LogP contribution in [0.1, 0.15) is 19.3 Å². The van der Waals surface area contributed by atoms with Gasteiger partial charge in [-0.2, -0.15) is 0 Å². The summed E-state index contributed by atoms with van der Waals surface area (Å²) >= 11 is 0. The Labute approximate surface area is 72.7 Å². The van der Waals surface area contributed by atoms with Crippen molar-refractivity contribution in [2.45, 2.75) is 19.3 Å². The molecular weight excluding hydrogens is 154 g/mol. The molecule has 0 heterocycles. The minimum absolute atomic E-state index is 0.786. The van der Waals surface area contributed by atoms with Crippen molar-refractivity contribution in [3.63, 3.8) is 0 Å². The Morgan fingerprint density at radius 2 is 2.33 bits per heavy atom. The summed E-state index contributed by atoms with van der Waals surface area (Å²) in [6.07, 6.45) is 6.73. The van der Waals surface area contributed by atoms with Gasteiger partial charge < -0.3 is 10.0 Å². The average Bonchev–Trinajstić information content (AvgIpc) is 1.93. The standard InChI is InChI=1S/C9H15NO2/c1-10(6-5-9(11)12)7-8-3-2-4-8/h5-6,8H,2-4,7H2,1H3,(H,11,12)/b6-5-. The van der Waals surface area contributed by atoms with Crippen molar-refractivity contribution in [2.24, 2.45) is 5.92 Å². The van der Waals surface area contributed by atoms with Gasteiger partial charge >= 0.3 is 5.97 Å². The van der Waals surface area contributed by atoms with Crippen LogP contribution in [0.3, 0.4) is 0 Å². The first-order valence-corrected chi connectivity index (χ1v) is 4.30. The Morgan fingerprint density at radius 3 is 2.75 bits per heavy atom. The largest absolute Gasteiger partial charge is 0.478 e. The average molecular weight is 169 g/mol. The Morgan fingerprint density at radius 1 is 1.67 bits per heavy atom. The summed E-state index contributed by atoms with van der Waals surface area (Å²) in [5, 5.41) is 8.35. The zero-order chi connectivity index (χ0) is 8.97. The second-order valence-electron chi connectivity index (χ2n) is 3.39. The summed E-state index contributed by atoms with van der Waals surface area (Å²) in [4.78, 5) is 12.1. The molecule has 1 fully saturated rings. The molecule has 0 aromatic rings. The lowest BCUT2D eigenvalue weighted by Gasteiger charge is -2.29. The van der Waals surface area contributed by atoms with E-state index in [2.05, 4.69) is 0 Å². The van der Waals surface area contributed by atoms with Crippen LogP contribution in [0.25, 0.3) is 0 Å². The molecule has 1 saturated carbocycles. The van der Waals surface area contributed by atoms with Crippen LogP contribution in [0.2, 0.25) is 0 Å². The van der Waals surface area contributed by atoms with Crippen molar-refractivity contribution in [1.82, 2.24) is 4.90 Å². The first-order valence-electron chi connectivity index (χ1n) is 4.30. The van der Waals surface area contributed by atoms with E-state index in [1.807, 2.05) is 11.9 Å². The fourth-order valence-electron chi connectivity index (χ4n) is 1.33. The first-order chi connectivity index (χ1) is 5.68. The number of nitrogens with zero attached hydrogens (tertiary/aromatic N) is 1. The molecule has 3 heteroatoms. The molecule has 12 heavy (non-hydrogen) atoms. The van der Waals surface area contributed by atoms with Crippen molar-refractivity contribution in [2.75, 3.05) is 13.6 Å². The van der Waals surface area contributed by atoms with Gasteiger partial charge in [-0.15, -0.1) is 0 Å². The van der Waals surface area contributed by atoms with Gasteiger partial charge in [-0.05, 0) is 18.8 Å². The van der Waals surface area contributed by atoms with Crippen LogP contribution in [0, 0.1) is 5.92 Å². The van der Waals surface area contributed by atoms with Gasteiger partial charge in [0.25, 0.3) is 0 Å². The van der Waals surface area contributed by atoms with Gasteiger partial charge in [0.1, 0.15) is 0 Å². The van der Waals surface area contributed by atoms with E-state index in [0.717, 1.165) is 12.5 Å². The summed E-state index contributed by atoms with van der Waals surface area (Å²) in [5.74, 6) is -0.0936. The maximum absolute atomic E-state index is 10.2. The lowest BCUT2D eigenvalue weighted by atomic mass is 9.85. The third-order valence-electron chi connectivity index (χ3n) is 2.24. The van der Waals surface area contributed by atoms with Crippen LogP contribution >= 0.6 is 0 Å². The normalized spacial score (nSPS) is 17.8. The molecule has 0 atom stereocenters. The summed E-state index contributed by atoms with van der Waals surface area (Å²) in [7, 11) is 1.91. The third-order valence-corrected chi connectivity index (χ3v) is 2.24.